The Bertz CT molecular complexity index is 159. The molecule has 3 nitrogen and oxygen atoms in total. The third kappa shape index (κ3) is 3.44. The van der Waals surface area contributed by atoms with Gasteiger partial charge in [-0.15, -0.1) is 0 Å². The van der Waals surface area contributed by atoms with Gasteiger partial charge in [0.05, 0.1) is 6.67 Å². The van der Waals surface area contributed by atoms with Crippen molar-refractivity contribution in [3.63, 3.8) is 0 Å². The van der Waals surface area contributed by atoms with Crippen LogP contribution in [0, 0.1) is 5.92 Å². The van der Waals surface area contributed by atoms with Crippen LogP contribution in [0.4, 0.5) is 0 Å². The molecule has 2 saturated heterocycles. The highest BCUT2D eigenvalue weighted by molar-refractivity contribution is 4.73. The number of nitrogens with zero attached hydrogens (tertiary/aromatic N) is 3. The molecule has 88 valence electrons. The second-order valence-corrected chi connectivity index (χ2v) is 5.36. The fourth-order valence-electron chi connectivity index (χ4n) is 2.48. The van der Waals surface area contributed by atoms with E-state index in [9.17, 15) is 0 Å². The van der Waals surface area contributed by atoms with Crippen LogP contribution >= 0.6 is 0 Å². The smallest absolute Gasteiger partial charge is 0.0507 e. The van der Waals surface area contributed by atoms with Gasteiger partial charge < -0.3 is 4.90 Å². The first kappa shape index (κ1) is 11.4. The Hall–Kier alpha value is -0.120. The number of hydrogen-bond acceptors (Lipinski definition) is 3. The summed E-state index contributed by atoms with van der Waals surface area (Å²) in [5, 5.41) is 0. The standard InChI is InChI=1S/C12H25N3/c1-12-3-5-14(6-4-12)11-15-9-7-13(2)8-10-15/h12H,3-11H2,1-2H3. The first-order valence-electron chi connectivity index (χ1n) is 6.37. The van der Waals surface area contributed by atoms with Gasteiger partial charge in [0.25, 0.3) is 0 Å². The van der Waals surface area contributed by atoms with Crippen molar-refractivity contribution in [1.29, 1.82) is 0 Å². The lowest BCUT2D eigenvalue weighted by atomic mass is 10.00. The van der Waals surface area contributed by atoms with Gasteiger partial charge in [-0.1, -0.05) is 6.92 Å². The Morgan fingerprint density at radius 2 is 1.40 bits per heavy atom. The molecule has 2 heterocycles. The summed E-state index contributed by atoms with van der Waals surface area (Å²) in [6, 6.07) is 0. The first-order chi connectivity index (χ1) is 7.24. The molecule has 15 heavy (non-hydrogen) atoms. The molecule has 0 bridgehead atoms. The van der Waals surface area contributed by atoms with Crippen LogP contribution < -0.4 is 0 Å². The molecule has 0 saturated carbocycles. The van der Waals surface area contributed by atoms with E-state index in [2.05, 4.69) is 28.7 Å². The van der Waals surface area contributed by atoms with Crippen molar-refractivity contribution in [2.75, 3.05) is 53.0 Å². The summed E-state index contributed by atoms with van der Waals surface area (Å²) in [4.78, 5) is 7.66. The molecule has 0 aromatic heterocycles. The van der Waals surface area contributed by atoms with Crippen molar-refractivity contribution in [3.05, 3.63) is 0 Å². The van der Waals surface area contributed by atoms with Gasteiger partial charge in [-0.25, -0.2) is 0 Å². The Morgan fingerprint density at radius 3 is 2.00 bits per heavy atom. The Balaban J connectivity index is 1.68. The molecule has 2 aliphatic heterocycles. The van der Waals surface area contributed by atoms with E-state index in [1.807, 2.05) is 0 Å². The second kappa shape index (κ2) is 5.28. The predicted molar refractivity (Wildman–Crippen MR) is 63.9 cm³/mol. The van der Waals surface area contributed by atoms with E-state index in [0.29, 0.717) is 0 Å². The molecule has 2 rings (SSSR count). The van der Waals surface area contributed by atoms with Gasteiger partial charge in [0.1, 0.15) is 0 Å². The molecule has 0 N–H and O–H groups in total. The largest absolute Gasteiger partial charge is 0.304 e. The molecule has 0 aromatic carbocycles. The summed E-state index contributed by atoms with van der Waals surface area (Å²) in [7, 11) is 2.22. The summed E-state index contributed by atoms with van der Waals surface area (Å²) in [5.74, 6) is 0.953. The van der Waals surface area contributed by atoms with E-state index in [1.54, 1.807) is 0 Å². The molecule has 0 amide bonds. The Labute approximate surface area is 94.0 Å². The van der Waals surface area contributed by atoms with Crippen LogP contribution in [0.15, 0.2) is 0 Å². The topological polar surface area (TPSA) is 9.72 Å². The third-order valence-corrected chi connectivity index (χ3v) is 3.87. The summed E-state index contributed by atoms with van der Waals surface area (Å²) in [6.07, 6.45) is 2.79. The predicted octanol–water partition coefficient (Wildman–Crippen LogP) is 0.923. The number of rotatable bonds is 2. The number of piperazine rings is 1. The van der Waals surface area contributed by atoms with Gasteiger partial charge in [-0.3, -0.25) is 9.80 Å². The van der Waals surface area contributed by atoms with Crippen LogP contribution in [0.3, 0.4) is 0 Å². The maximum atomic E-state index is 2.63. The lowest BCUT2D eigenvalue weighted by molar-refractivity contribution is 0.0650. The Kier molecular flexibility index (Phi) is 4.00. The highest BCUT2D eigenvalue weighted by Crippen LogP contribution is 2.16. The van der Waals surface area contributed by atoms with Gasteiger partial charge in [-0.2, -0.15) is 0 Å². The molecular weight excluding hydrogens is 186 g/mol. The van der Waals surface area contributed by atoms with E-state index in [4.69, 9.17) is 0 Å². The molecule has 0 aliphatic carbocycles. The minimum atomic E-state index is 0.953. The SMILES string of the molecule is CC1CCN(CN2CCN(C)CC2)CC1. The number of hydrogen-bond donors (Lipinski definition) is 0. The molecule has 0 radical (unpaired) electrons. The molecule has 2 aliphatic rings. The minimum Gasteiger partial charge on any atom is -0.304 e. The van der Waals surface area contributed by atoms with Crippen LogP contribution in [-0.4, -0.2) is 67.7 Å². The van der Waals surface area contributed by atoms with Crippen LogP contribution in [0.25, 0.3) is 0 Å². The molecule has 3 heteroatoms. The van der Waals surface area contributed by atoms with Crippen LogP contribution in [0.2, 0.25) is 0 Å². The minimum absolute atomic E-state index is 0.953. The quantitative estimate of drug-likeness (QED) is 0.672. The molecule has 0 atom stereocenters. The zero-order chi connectivity index (χ0) is 10.7. The fraction of sp³-hybridized carbons (Fsp3) is 1.00. The lowest BCUT2D eigenvalue weighted by Gasteiger charge is -2.38. The van der Waals surface area contributed by atoms with E-state index in [1.165, 1.54) is 58.8 Å². The third-order valence-electron chi connectivity index (χ3n) is 3.87. The fourth-order valence-corrected chi connectivity index (χ4v) is 2.48. The summed E-state index contributed by atoms with van der Waals surface area (Å²) in [5.41, 5.74) is 0. The first-order valence-corrected chi connectivity index (χ1v) is 6.37. The zero-order valence-corrected chi connectivity index (χ0v) is 10.3. The second-order valence-electron chi connectivity index (χ2n) is 5.36. The van der Waals surface area contributed by atoms with Crippen molar-refractivity contribution in [1.82, 2.24) is 14.7 Å². The molecule has 0 unspecified atom stereocenters. The maximum Gasteiger partial charge on any atom is 0.0507 e. The average Bonchev–Trinajstić information content (AvgIpc) is 2.25. The summed E-state index contributed by atoms with van der Waals surface area (Å²) >= 11 is 0. The van der Waals surface area contributed by atoms with Crippen molar-refractivity contribution >= 4 is 0 Å². The van der Waals surface area contributed by atoms with Gasteiger partial charge >= 0.3 is 0 Å². The highest BCUT2D eigenvalue weighted by Gasteiger charge is 2.20. The summed E-state index contributed by atoms with van der Waals surface area (Å²) in [6.45, 7) is 11.2. The zero-order valence-electron chi connectivity index (χ0n) is 10.3. The van der Waals surface area contributed by atoms with E-state index >= 15 is 0 Å². The van der Waals surface area contributed by atoms with Crippen molar-refractivity contribution in [2.45, 2.75) is 19.8 Å². The normalized spacial score (nSPS) is 28.4. The number of likely N-dealkylation sites (tertiary alicyclic amines) is 1. The lowest BCUT2D eigenvalue weighted by Crippen LogP contribution is -2.50. The van der Waals surface area contributed by atoms with Crippen molar-refractivity contribution < 1.29 is 0 Å². The highest BCUT2D eigenvalue weighted by atomic mass is 15.3. The van der Waals surface area contributed by atoms with Gasteiger partial charge in [-0.05, 0) is 38.9 Å². The van der Waals surface area contributed by atoms with Crippen molar-refractivity contribution in [2.24, 2.45) is 5.92 Å². The number of piperidine rings is 1. The van der Waals surface area contributed by atoms with Gasteiger partial charge in [0.15, 0.2) is 0 Å². The molecule has 0 spiro atoms. The average molecular weight is 211 g/mol. The monoisotopic (exact) mass is 211 g/mol. The van der Waals surface area contributed by atoms with E-state index in [-0.39, 0.29) is 0 Å². The van der Waals surface area contributed by atoms with Crippen LogP contribution in [0.5, 0.6) is 0 Å². The summed E-state index contributed by atoms with van der Waals surface area (Å²) < 4.78 is 0. The van der Waals surface area contributed by atoms with Crippen LogP contribution in [-0.2, 0) is 0 Å². The van der Waals surface area contributed by atoms with E-state index < -0.39 is 0 Å². The van der Waals surface area contributed by atoms with Crippen LogP contribution in [0.1, 0.15) is 19.8 Å². The van der Waals surface area contributed by atoms with Gasteiger partial charge in [0.2, 0.25) is 0 Å². The maximum absolute atomic E-state index is 2.63. The molecular formula is C12H25N3. The molecule has 2 fully saturated rings. The molecule has 0 aromatic rings. The van der Waals surface area contributed by atoms with Gasteiger partial charge in [0, 0.05) is 26.2 Å². The van der Waals surface area contributed by atoms with E-state index in [0.717, 1.165) is 5.92 Å². The number of likely N-dealkylation sites (N-methyl/N-ethyl adjacent to an activating group) is 1. The Morgan fingerprint density at radius 1 is 0.867 bits per heavy atom. The van der Waals surface area contributed by atoms with Crippen molar-refractivity contribution in [3.8, 4) is 0 Å².